The molecular weight excluding hydrogens is 266 g/mol. The van der Waals surface area contributed by atoms with Crippen LogP contribution in [0.15, 0.2) is 18.2 Å². The molecule has 1 aromatic rings. The minimum atomic E-state index is 0.541. The predicted octanol–water partition coefficient (Wildman–Crippen LogP) is 3.25. The van der Waals surface area contributed by atoms with E-state index in [9.17, 15) is 0 Å². The van der Waals surface area contributed by atoms with Crippen LogP contribution in [0.5, 0.6) is 11.5 Å². The summed E-state index contributed by atoms with van der Waals surface area (Å²) in [6, 6.07) is 6.02. The molecule has 0 aromatic heterocycles. The Labute approximate surface area is 128 Å². The lowest BCUT2D eigenvalue weighted by Crippen LogP contribution is -2.12. The van der Waals surface area contributed by atoms with Gasteiger partial charge in [-0.15, -0.1) is 0 Å². The fourth-order valence-corrected chi connectivity index (χ4v) is 1.84. The zero-order valence-electron chi connectivity index (χ0n) is 13.8. The van der Waals surface area contributed by atoms with Crippen molar-refractivity contribution in [2.75, 3.05) is 33.5 Å². The highest BCUT2D eigenvalue weighted by atomic mass is 16.5. The van der Waals surface area contributed by atoms with E-state index in [1.165, 1.54) is 5.56 Å². The Bertz CT molecular complexity index is 394. The van der Waals surface area contributed by atoms with Crippen molar-refractivity contribution < 1.29 is 14.2 Å². The second-order valence-corrected chi connectivity index (χ2v) is 5.41. The van der Waals surface area contributed by atoms with Gasteiger partial charge in [0.15, 0.2) is 11.5 Å². The first-order valence-electron chi connectivity index (χ1n) is 7.75. The van der Waals surface area contributed by atoms with E-state index in [1.54, 1.807) is 7.11 Å². The number of ether oxygens (including phenoxy) is 3. The summed E-state index contributed by atoms with van der Waals surface area (Å²) in [6.07, 6.45) is 1.08. The van der Waals surface area contributed by atoms with Gasteiger partial charge in [0.25, 0.3) is 0 Å². The topological polar surface area (TPSA) is 39.7 Å². The van der Waals surface area contributed by atoms with Crippen LogP contribution in [-0.2, 0) is 11.3 Å². The fourth-order valence-electron chi connectivity index (χ4n) is 1.84. The van der Waals surface area contributed by atoms with Crippen molar-refractivity contribution in [2.24, 2.45) is 5.92 Å². The molecule has 4 nitrogen and oxygen atoms in total. The molecule has 0 unspecified atom stereocenters. The van der Waals surface area contributed by atoms with Crippen LogP contribution >= 0.6 is 0 Å². The molecule has 0 saturated carbocycles. The summed E-state index contributed by atoms with van der Waals surface area (Å²) in [5, 5.41) is 3.30. The van der Waals surface area contributed by atoms with Crippen molar-refractivity contribution in [2.45, 2.75) is 33.7 Å². The highest BCUT2D eigenvalue weighted by Gasteiger charge is 2.06. The van der Waals surface area contributed by atoms with Gasteiger partial charge in [0.05, 0.1) is 13.7 Å². The Kier molecular flexibility index (Phi) is 8.87. The number of hydrogen-bond donors (Lipinski definition) is 1. The summed E-state index contributed by atoms with van der Waals surface area (Å²) in [5.74, 6) is 2.21. The number of nitrogens with one attached hydrogen (secondary N) is 1. The molecule has 0 bridgehead atoms. The number of rotatable bonds is 11. The molecule has 21 heavy (non-hydrogen) atoms. The van der Waals surface area contributed by atoms with Gasteiger partial charge < -0.3 is 19.5 Å². The molecule has 0 aliphatic heterocycles. The Morgan fingerprint density at radius 1 is 1.10 bits per heavy atom. The SMILES string of the molecule is CCNCc1ccc(OC)c(OCCOCCC(C)C)c1. The van der Waals surface area contributed by atoms with Gasteiger partial charge >= 0.3 is 0 Å². The minimum absolute atomic E-state index is 0.541. The van der Waals surface area contributed by atoms with Gasteiger partial charge in [-0.2, -0.15) is 0 Å². The van der Waals surface area contributed by atoms with Gasteiger partial charge in [0.2, 0.25) is 0 Å². The lowest BCUT2D eigenvalue weighted by molar-refractivity contribution is 0.0916. The molecule has 0 spiro atoms. The van der Waals surface area contributed by atoms with Crippen LogP contribution in [0.2, 0.25) is 0 Å². The van der Waals surface area contributed by atoms with E-state index in [-0.39, 0.29) is 0 Å². The summed E-state index contributed by atoms with van der Waals surface area (Å²) in [5.41, 5.74) is 1.19. The monoisotopic (exact) mass is 295 g/mol. The largest absolute Gasteiger partial charge is 0.493 e. The van der Waals surface area contributed by atoms with Crippen LogP contribution in [0.3, 0.4) is 0 Å². The fraction of sp³-hybridized carbons (Fsp3) is 0.647. The van der Waals surface area contributed by atoms with E-state index < -0.39 is 0 Å². The maximum atomic E-state index is 5.78. The quantitative estimate of drug-likeness (QED) is 0.636. The molecule has 0 aliphatic carbocycles. The highest BCUT2D eigenvalue weighted by Crippen LogP contribution is 2.28. The third-order valence-electron chi connectivity index (χ3n) is 3.13. The van der Waals surface area contributed by atoms with E-state index in [1.807, 2.05) is 18.2 Å². The molecule has 0 aliphatic rings. The summed E-state index contributed by atoms with van der Waals surface area (Å²) in [6.45, 7) is 10.2. The second-order valence-electron chi connectivity index (χ2n) is 5.41. The van der Waals surface area contributed by atoms with Crippen molar-refractivity contribution in [1.82, 2.24) is 5.32 Å². The Morgan fingerprint density at radius 2 is 1.90 bits per heavy atom. The average Bonchev–Trinajstić information content (AvgIpc) is 2.48. The standard InChI is InChI=1S/C17H29NO3/c1-5-18-13-15-6-7-16(19-4)17(12-15)21-11-10-20-9-8-14(2)3/h6-7,12,14,18H,5,8-11,13H2,1-4H3. The molecule has 1 aromatic carbocycles. The number of methoxy groups -OCH3 is 1. The normalized spacial score (nSPS) is 10.9. The molecule has 0 heterocycles. The minimum Gasteiger partial charge on any atom is -0.493 e. The lowest BCUT2D eigenvalue weighted by atomic mass is 10.1. The van der Waals surface area contributed by atoms with Crippen molar-refractivity contribution in [3.63, 3.8) is 0 Å². The van der Waals surface area contributed by atoms with Crippen LogP contribution in [-0.4, -0.2) is 33.5 Å². The van der Waals surface area contributed by atoms with E-state index in [0.717, 1.165) is 37.6 Å². The van der Waals surface area contributed by atoms with Gasteiger partial charge in [-0.1, -0.05) is 26.8 Å². The zero-order valence-corrected chi connectivity index (χ0v) is 13.8. The Balaban J connectivity index is 2.40. The Morgan fingerprint density at radius 3 is 2.57 bits per heavy atom. The summed E-state index contributed by atoms with van der Waals surface area (Å²) in [4.78, 5) is 0. The summed E-state index contributed by atoms with van der Waals surface area (Å²) >= 11 is 0. The van der Waals surface area contributed by atoms with Crippen LogP contribution in [0.25, 0.3) is 0 Å². The van der Waals surface area contributed by atoms with Gasteiger partial charge in [-0.3, -0.25) is 0 Å². The van der Waals surface area contributed by atoms with Crippen molar-refractivity contribution in [1.29, 1.82) is 0 Å². The van der Waals surface area contributed by atoms with Gasteiger partial charge in [-0.05, 0) is 36.6 Å². The van der Waals surface area contributed by atoms with Gasteiger partial charge in [0, 0.05) is 13.2 Å². The third-order valence-corrected chi connectivity index (χ3v) is 3.13. The first-order valence-corrected chi connectivity index (χ1v) is 7.75. The first kappa shape index (κ1) is 17.8. The first-order chi connectivity index (χ1) is 10.2. The summed E-state index contributed by atoms with van der Waals surface area (Å²) in [7, 11) is 1.66. The van der Waals surface area contributed by atoms with Crippen molar-refractivity contribution >= 4 is 0 Å². The average molecular weight is 295 g/mol. The molecule has 4 heteroatoms. The molecule has 120 valence electrons. The van der Waals surface area contributed by atoms with Gasteiger partial charge in [0.1, 0.15) is 6.61 Å². The van der Waals surface area contributed by atoms with E-state index in [0.29, 0.717) is 19.1 Å². The predicted molar refractivity (Wildman–Crippen MR) is 86.1 cm³/mol. The van der Waals surface area contributed by atoms with Crippen LogP contribution < -0.4 is 14.8 Å². The van der Waals surface area contributed by atoms with Crippen molar-refractivity contribution in [3.8, 4) is 11.5 Å². The molecule has 0 saturated heterocycles. The molecule has 0 atom stereocenters. The maximum Gasteiger partial charge on any atom is 0.161 e. The number of benzene rings is 1. The van der Waals surface area contributed by atoms with E-state index in [4.69, 9.17) is 14.2 Å². The molecule has 0 amide bonds. The maximum absolute atomic E-state index is 5.78. The lowest BCUT2D eigenvalue weighted by Gasteiger charge is -2.13. The van der Waals surface area contributed by atoms with Crippen LogP contribution in [0.4, 0.5) is 0 Å². The highest BCUT2D eigenvalue weighted by molar-refractivity contribution is 5.42. The molecule has 1 rings (SSSR count). The molecular formula is C17H29NO3. The second kappa shape index (κ2) is 10.5. The van der Waals surface area contributed by atoms with E-state index in [2.05, 4.69) is 26.1 Å². The van der Waals surface area contributed by atoms with Crippen molar-refractivity contribution in [3.05, 3.63) is 23.8 Å². The smallest absolute Gasteiger partial charge is 0.161 e. The number of hydrogen-bond acceptors (Lipinski definition) is 4. The van der Waals surface area contributed by atoms with Crippen LogP contribution in [0, 0.1) is 5.92 Å². The van der Waals surface area contributed by atoms with Gasteiger partial charge in [-0.25, -0.2) is 0 Å². The Hall–Kier alpha value is -1.26. The van der Waals surface area contributed by atoms with E-state index >= 15 is 0 Å². The molecule has 0 fully saturated rings. The summed E-state index contributed by atoms with van der Waals surface area (Å²) < 4.78 is 16.7. The van der Waals surface area contributed by atoms with Crippen LogP contribution in [0.1, 0.15) is 32.8 Å². The third kappa shape index (κ3) is 7.34. The molecule has 1 N–H and O–H groups in total. The molecule has 0 radical (unpaired) electrons. The zero-order chi connectivity index (χ0) is 15.5.